The standard InChI is InChI=1S/C31H38N2O2/c1-5-6-18-32-31(35)29(20-26-13-8-7-9-14-26)33(22-28-15-11-10-12-24(28)3)30(34)21-27-17-16-23(2)25(4)19-27/h7-17,19,29H,5-6,18,20-22H2,1-4H3,(H,32,35)/t29-/m0/s1. The third kappa shape index (κ3) is 7.54. The van der Waals surface area contributed by atoms with Gasteiger partial charge in [0.05, 0.1) is 6.42 Å². The third-order valence-electron chi connectivity index (χ3n) is 6.63. The number of hydrogen-bond donors (Lipinski definition) is 1. The molecule has 35 heavy (non-hydrogen) atoms. The summed E-state index contributed by atoms with van der Waals surface area (Å²) in [7, 11) is 0. The monoisotopic (exact) mass is 470 g/mol. The van der Waals surface area contributed by atoms with Crippen LogP contribution in [0.1, 0.15) is 53.1 Å². The van der Waals surface area contributed by atoms with Crippen LogP contribution in [0, 0.1) is 20.8 Å². The quantitative estimate of drug-likeness (QED) is 0.365. The summed E-state index contributed by atoms with van der Waals surface area (Å²) < 4.78 is 0. The molecule has 0 saturated carbocycles. The lowest BCUT2D eigenvalue weighted by Gasteiger charge is -2.32. The first-order valence-corrected chi connectivity index (χ1v) is 12.6. The number of nitrogens with zero attached hydrogens (tertiary/aromatic N) is 1. The highest BCUT2D eigenvalue weighted by Crippen LogP contribution is 2.19. The number of benzene rings is 3. The molecule has 2 amide bonds. The van der Waals surface area contributed by atoms with Crippen LogP contribution in [0.25, 0.3) is 0 Å². The van der Waals surface area contributed by atoms with Crippen molar-refractivity contribution in [2.45, 2.75) is 66.0 Å². The van der Waals surface area contributed by atoms with Gasteiger partial charge in [-0.3, -0.25) is 9.59 Å². The summed E-state index contributed by atoms with van der Waals surface area (Å²) in [5, 5.41) is 3.09. The first kappa shape index (κ1) is 26.2. The van der Waals surface area contributed by atoms with Gasteiger partial charge in [-0.25, -0.2) is 0 Å². The number of aryl methyl sites for hydroxylation is 3. The topological polar surface area (TPSA) is 49.4 Å². The van der Waals surface area contributed by atoms with Crippen LogP contribution in [-0.2, 0) is 29.0 Å². The Kier molecular flexibility index (Phi) is 9.66. The largest absolute Gasteiger partial charge is 0.354 e. The predicted octanol–water partition coefficient (Wildman–Crippen LogP) is 5.71. The van der Waals surface area contributed by atoms with Crippen LogP contribution in [0.2, 0.25) is 0 Å². The van der Waals surface area contributed by atoms with Crippen LogP contribution in [0.5, 0.6) is 0 Å². The van der Waals surface area contributed by atoms with Crippen molar-refractivity contribution in [3.8, 4) is 0 Å². The highest BCUT2D eigenvalue weighted by Gasteiger charge is 2.30. The molecule has 0 aromatic heterocycles. The molecule has 0 heterocycles. The average Bonchev–Trinajstić information content (AvgIpc) is 2.85. The minimum atomic E-state index is -0.590. The van der Waals surface area contributed by atoms with E-state index in [4.69, 9.17) is 0 Å². The molecular weight excluding hydrogens is 432 g/mol. The van der Waals surface area contributed by atoms with Gasteiger partial charge in [0.2, 0.25) is 11.8 Å². The Hall–Kier alpha value is -3.40. The Morgan fingerprint density at radius 3 is 2.23 bits per heavy atom. The third-order valence-corrected chi connectivity index (χ3v) is 6.63. The number of amides is 2. The predicted molar refractivity (Wildman–Crippen MR) is 143 cm³/mol. The molecule has 184 valence electrons. The van der Waals surface area contributed by atoms with Crippen LogP contribution in [0.3, 0.4) is 0 Å². The molecule has 1 atom stereocenters. The summed E-state index contributed by atoms with van der Waals surface area (Å²) >= 11 is 0. The zero-order valence-electron chi connectivity index (χ0n) is 21.5. The van der Waals surface area contributed by atoms with E-state index in [1.165, 1.54) is 11.1 Å². The minimum absolute atomic E-state index is 0.0388. The van der Waals surface area contributed by atoms with Crippen molar-refractivity contribution >= 4 is 11.8 Å². The first-order chi connectivity index (χ1) is 16.9. The van der Waals surface area contributed by atoms with E-state index in [1.54, 1.807) is 4.90 Å². The molecule has 0 fully saturated rings. The highest BCUT2D eigenvalue weighted by molar-refractivity contribution is 5.88. The lowest BCUT2D eigenvalue weighted by Crippen LogP contribution is -2.51. The van der Waals surface area contributed by atoms with E-state index < -0.39 is 6.04 Å². The molecule has 0 unspecified atom stereocenters. The maximum absolute atomic E-state index is 13.8. The summed E-state index contributed by atoms with van der Waals surface area (Å²) in [6, 6.07) is 23.6. The fraction of sp³-hybridized carbons (Fsp3) is 0.355. The van der Waals surface area contributed by atoms with E-state index in [1.807, 2.05) is 54.6 Å². The second kappa shape index (κ2) is 12.9. The zero-order valence-corrected chi connectivity index (χ0v) is 21.5. The molecule has 0 aliphatic carbocycles. The molecule has 0 radical (unpaired) electrons. The molecule has 0 aliphatic rings. The molecule has 3 aromatic rings. The minimum Gasteiger partial charge on any atom is -0.354 e. The van der Waals surface area contributed by atoms with Crippen molar-refractivity contribution in [3.05, 3.63) is 106 Å². The van der Waals surface area contributed by atoms with E-state index in [0.29, 0.717) is 19.5 Å². The Labute approximate surface area is 210 Å². The van der Waals surface area contributed by atoms with Gasteiger partial charge in [-0.05, 0) is 60.6 Å². The number of carbonyl (C=O) groups is 2. The van der Waals surface area contributed by atoms with Gasteiger partial charge >= 0.3 is 0 Å². The number of rotatable bonds is 11. The summed E-state index contributed by atoms with van der Waals surface area (Å²) in [5.74, 6) is -0.132. The van der Waals surface area contributed by atoms with Gasteiger partial charge in [-0.15, -0.1) is 0 Å². The van der Waals surface area contributed by atoms with E-state index in [2.05, 4.69) is 51.2 Å². The van der Waals surface area contributed by atoms with Gasteiger partial charge in [0, 0.05) is 19.5 Å². The molecule has 4 nitrogen and oxygen atoms in total. The number of nitrogens with one attached hydrogen (secondary N) is 1. The Morgan fingerprint density at radius 2 is 1.54 bits per heavy atom. The molecule has 3 rings (SSSR count). The van der Waals surface area contributed by atoms with Crippen molar-refractivity contribution in [1.82, 2.24) is 10.2 Å². The van der Waals surface area contributed by atoms with Crippen molar-refractivity contribution in [1.29, 1.82) is 0 Å². The van der Waals surface area contributed by atoms with Crippen molar-refractivity contribution in [2.24, 2.45) is 0 Å². The normalized spacial score (nSPS) is 11.7. The first-order valence-electron chi connectivity index (χ1n) is 12.6. The maximum Gasteiger partial charge on any atom is 0.243 e. The molecule has 0 bridgehead atoms. The van der Waals surface area contributed by atoms with Crippen LogP contribution < -0.4 is 5.32 Å². The van der Waals surface area contributed by atoms with Gasteiger partial charge in [-0.1, -0.05) is 86.1 Å². The van der Waals surface area contributed by atoms with E-state index in [9.17, 15) is 9.59 Å². The SMILES string of the molecule is CCCCNC(=O)[C@H](Cc1ccccc1)N(Cc1ccccc1C)C(=O)Cc1ccc(C)c(C)c1. The number of carbonyl (C=O) groups excluding carboxylic acids is 2. The second-order valence-corrected chi connectivity index (χ2v) is 9.39. The number of unbranched alkanes of at least 4 members (excludes halogenated alkanes) is 1. The molecule has 3 aromatic carbocycles. The lowest BCUT2D eigenvalue weighted by atomic mass is 9.99. The number of hydrogen-bond acceptors (Lipinski definition) is 2. The molecule has 0 spiro atoms. The van der Waals surface area contributed by atoms with Gasteiger partial charge in [0.1, 0.15) is 6.04 Å². The van der Waals surface area contributed by atoms with E-state index in [0.717, 1.165) is 35.1 Å². The lowest BCUT2D eigenvalue weighted by molar-refractivity contribution is -0.140. The smallest absolute Gasteiger partial charge is 0.243 e. The fourth-order valence-corrected chi connectivity index (χ4v) is 4.22. The molecule has 0 aliphatic heterocycles. The van der Waals surface area contributed by atoms with Crippen molar-refractivity contribution in [3.63, 3.8) is 0 Å². The van der Waals surface area contributed by atoms with Gasteiger partial charge < -0.3 is 10.2 Å². The van der Waals surface area contributed by atoms with Crippen LogP contribution >= 0.6 is 0 Å². The van der Waals surface area contributed by atoms with Crippen LogP contribution in [0.4, 0.5) is 0 Å². The van der Waals surface area contributed by atoms with Gasteiger partial charge in [0.15, 0.2) is 0 Å². The van der Waals surface area contributed by atoms with Gasteiger partial charge in [-0.2, -0.15) is 0 Å². The summed E-state index contributed by atoms with van der Waals surface area (Å²) in [6.07, 6.45) is 2.66. The fourth-order valence-electron chi connectivity index (χ4n) is 4.22. The molecule has 0 saturated heterocycles. The maximum atomic E-state index is 13.8. The van der Waals surface area contributed by atoms with Crippen molar-refractivity contribution in [2.75, 3.05) is 6.54 Å². The summed E-state index contributed by atoms with van der Waals surface area (Å²) in [4.78, 5) is 29.1. The Morgan fingerprint density at radius 1 is 0.829 bits per heavy atom. The average molecular weight is 471 g/mol. The van der Waals surface area contributed by atoms with E-state index >= 15 is 0 Å². The molecule has 4 heteroatoms. The van der Waals surface area contributed by atoms with E-state index in [-0.39, 0.29) is 18.2 Å². The van der Waals surface area contributed by atoms with Gasteiger partial charge in [0.25, 0.3) is 0 Å². The van der Waals surface area contributed by atoms with Crippen LogP contribution in [0.15, 0.2) is 72.8 Å². The summed E-state index contributed by atoms with van der Waals surface area (Å²) in [6.45, 7) is 9.30. The zero-order chi connectivity index (χ0) is 25.2. The Bertz CT molecular complexity index is 1120. The summed E-state index contributed by atoms with van der Waals surface area (Å²) in [5.41, 5.74) is 6.55. The highest BCUT2D eigenvalue weighted by atomic mass is 16.2. The molecule has 1 N–H and O–H groups in total. The second-order valence-electron chi connectivity index (χ2n) is 9.39. The van der Waals surface area contributed by atoms with Crippen molar-refractivity contribution < 1.29 is 9.59 Å². The molecular formula is C31H38N2O2. The van der Waals surface area contributed by atoms with Crippen LogP contribution in [-0.4, -0.2) is 29.3 Å². The Balaban J connectivity index is 1.96.